The van der Waals surface area contributed by atoms with E-state index in [2.05, 4.69) is 6.92 Å². The first-order chi connectivity index (χ1) is 9.42. The Morgan fingerprint density at radius 2 is 1.90 bits per heavy atom. The largest absolute Gasteiger partial charge is 0.493 e. The summed E-state index contributed by atoms with van der Waals surface area (Å²) in [5.74, 6) is 0.800. The van der Waals surface area contributed by atoms with Gasteiger partial charge in [0.05, 0.1) is 24.7 Å². The molecule has 0 bridgehead atoms. The third-order valence-electron chi connectivity index (χ3n) is 2.56. The Bertz CT molecular complexity index is 515. The van der Waals surface area contributed by atoms with Gasteiger partial charge in [0.1, 0.15) is 11.5 Å². The van der Waals surface area contributed by atoms with Gasteiger partial charge in [-0.3, -0.25) is 4.55 Å². The van der Waals surface area contributed by atoms with Gasteiger partial charge in [0, 0.05) is 6.07 Å². The van der Waals surface area contributed by atoms with E-state index in [-0.39, 0.29) is 18.8 Å². The van der Waals surface area contributed by atoms with Gasteiger partial charge >= 0.3 is 0 Å². The lowest BCUT2D eigenvalue weighted by atomic mass is 10.3. The molecule has 0 saturated carbocycles. The molecule has 20 heavy (non-hydrogen) atoms. The zero-order valence-electron chi connectivity index (χ0n) is 11.5. The molecule has 3 N–H and O–H groups in total. The van der Waals surface area contributed by atoms with Gasteiger partial charge in [0.2, 0.25) is 0 Å². The van der Waals surface area contributed by atoms with E-state index in [0.717, 1.165) is 12.8 Å². The molecule has 0 heterocycles. The van der Waals surface area contributed by atoms with Gasteiger partial charge < -0.3 is 15.2 Å². The molecule has 1 aromatic rings. The number of hydrogen-bond donors (Lipinski definition) is 2. The summed E-state index contributed by atoms with van der Waals surface area (Å²) in [7, 11) is -3.93. The van der Waals surface area contributed by atoms with Crippen molar-refractivity contribution in [2.45, 2.75) is 26.2 Å². The van der Waals surface area contributed by atoms with Crippen molar-refractivity contribution >= 4 is 15.8 Å². The van der Waals surface area contributed by atoms with Gasteiger partial charge in [-0.15, -0.1) is 0 Å². The van der Waals surface area contributed by atoms with Crippen LogP contribution in [-0.2, 0) is 10.1 Å². The summed E-state index contributed by atoms with van der Waals surface area (Å²) in [5, 5.41) is 0. The first kappa shape index (κ1) is 16.6. The van der Waals surface area contributed by atoms with Gasteiger partial charge in [-0.05, 0) is 25.0 Å². The SMILES string of the molecule is CCCCOc1cc(OCCCS(=O)(=O)O)ccc1N. The molecule has 0 spiro atoms. The van der Waals surface area contributed by atoms with Gasteiger partial charge in [-0.1, -0.05) is 13.3 Å². The molecular formula is C13H21NO5S. The third-order valence-corrected chi connectivity index (χ3v) is 3.36. The number of nitrogens with two attached hydrogens (primary N) is 1. The van der Waals surface area contributed by atoms with Crippen molar-refractivity contribution in [3.8, 4) is 11.5 Å². The van der Waals surface area contributed by atoms with Crippen molar-refractivity contribution in [2.75, 3.05) is 24.7 Å². The smallest absolute Gasteiger partial charge is 0.264 e. The minimum absolute atomic E-state index is 0.193. The highest BCUT2D eigenvalue weighted by molar-refractivity contribution is 7.85. The van der Waals surface area contributed by atoms with Crippen LogP contribution in [0.1, 0.15) is 26.2 Å². The van der Waals surface area contributed by atoms with E-state index in [1.165, 1.54) is 0 Å². The minimum Gasteiger partial charge on any atom is -0.493 e. The molecule has 1 aromatic carbocycles. The van der Waals surface area contributed by atoms with Crippen LogP contribution in [0, 0.1) is 0 Å². The van der Waals surface area contributed by atoms with Crippen LogP contribution in [0.2, 0.25) is 0 Å². The summed E-state index contributed by atoms with van der Waals surface area (Å²) in [6, 6.07) is 5.05. The molecule has 0 radical (unpaired) electrons. The van der Waals surface area contributed by atoms with Crippen LogP contribution < -0.4 is 15.2 Å². The van der Waals surface area contributed by atoms with E-state index < -0.39 is 10.1 Å². The normalized spacial score (nSPS) is 11.3. The van der Waals surface area contributed by atoms with Crippen molar-refractivity contribution in [2.24, 2.45) is 0 Å². The molecule has 1 rings (SSSR count). The molecule has 0 saturated heterocycles. The van der Waals surface area contributed by atoms with Crippen molar-refractivity contribution in [1.82, 2.24) is 0 Å². The molecule has 114 valence electrons. The molecular weight excluding hydrogens is 282 g/mol. The second-order valence-electron chi connectivity index (χ2n) is 4.39. The van der Waals surface area contributed by atoms with E-state index in [1.807, 2.05) is 0 Å². The number of hydrogen-bond acceptors (Lipinski definition) is 5. The van der Waals surface area contributed by atoms with Gasteiger partial charge in [-0.25, -0.2) is 0 Å². The van der Waals surface area contributed by atoms with E-state index >= 15 is 0 Å². The lowest BCUT2D eigenvalue weighted by Crippen LogP contribution is -2.08. The molecule has 6 nitrogen and oxygen atoms in total. The second-order valence-corrected chi connectivity index (χ2v) is 5.96. The maximum Gasteiger partial charge on any atom is 0.264 e. The Hall–Kier alpha value is -1.47. The number of rotatable bonds is 9. The zero-order valence-corrected chi connectivity index (χ0v) is 12.4. The van der Waals surface area contributed by atoms with E-state index in [9.17, 15) is 8.42 Å². The van der Waals surface area contributed by atoms with Gasteiger partial charge in [0.25, 0.3) is 10.1 Å². The van der Waals surface area contributed by atoms with Crippen LogP contribution >= 0.6 is 0 Å². The fraction of sp³-hybridized carbons (Fsp3) is 0.538. The average Bonchev–Trinajstić information content (AvgIpc) is 2.37. The highest BCUT2D eigenvalue weighted by Gasteiger charge is 2.06. The van der Waals surface area contributed by atoms with Crippen molar-refractivity contribution in [3.05, 3.63) is 18.2 Å². The van der Waals surface area contributed by atoms with E-state index in [0.29, 0.717) is 23.8 Å². The predicted octanol–water partition coefficient (Wildman–Crippen LogP) is 2.10. The molecule has 0 aromatic heterocycles. The van der Waals surface area contributed by atoms with Crippen LogP contribution in [0.25, 0.3) is 0 Å². The van der Waals surface area contributed by atoms with Crippen molar-refractivity contribution in [3.63, 3.8) is 0 Å². The van der Waals surface area contributed by atoms with E-state index in [4.69, 9.17) is 19.8 Å². The number of unbranched alkanes of at least 4 members (excludes halogenated alkanes) is 1. The Labute approximate surface area is 119 Å². The van der Waals surface area contributed by atoms with Crippen LogP contribution in [0.15, 0.2) is 18.2 Å². The Balaban J connectivity index is 2.48. The fourth-order valence-electron chi connectivity index (χ4n) is 1.49. The summed E-state index contributed by atoms with van der Waals surface area (Å²) in [4.78, 5) is 0. The molecule has 0 amide bonds. The number of ether oxygens (including phenoxy) is 2. The van der Waals surface area contributed by atoms with Gasteiger partial charge in [-0.2, -0.15) is 8.42 Å². The summed E-state index contributed by atoms with van der Waals surface area (Å²) in [6.45, 7) is 2.85. The van der Waals surface area contributed by atoms with Gasteiger partial charge in [0.15, 0.2) is 0 Å². The fourth-order valence-corrected chi connectivity index (χ4v) is 1.97. The van der Waals surface area contributed by atoms with Crippen LogP contribution in [0.4, 0.5) is 5.69 Å². The standard InChI is InChI=1S/C13H21NO5S/c1-2-3-7-19-13-10-11(5-6-12(13)14)18-8-4-9-20(15,16)17/h5-6,10H,2-4,7-9,14H2,1H3,(H,15,16,17). The predicted molar refractivity (Wildman–Crippen MR) is 77.8 cm³/mol. The maximum atomic E-state index is 10.6. The van der Waals surface area contributed by atoms with E-state index in [1.54, 1.807) is 18.2 Å². The Morgan fingerprint density at radius 3 is 2.55 bits per heavy atom. The summed E-state index contributed by atoms with van der Waals surface area (Å²) in [6.07, 6.45) is 2.19. The second kappa shape index (κ2) is 7.96. The number of benzene rings is 1. The third kappa shape index (κ3) is 6.63. The lowest BCUT2D eigenvalue weighted by molar-refractivity contribution is 0.298. The topological polar surface area (TPSA) is 98.8 Å². The highest BCUT2D eigenvalue weighted by Crippen LogP contribution is 2.27. The average molecular weight is 303 g/mol. The van der Waals surface area contributed by atoms with Crippen LogP contribution in [0.3, 0.4) is 0 Å². The van der Waals surface area contributed by atoms with Crippen LogP contribution in [-0.4, -0.2) is 31.9 Å². The quantitative estimate of drug-likeness (QED) is 0.412. The van der Waals surface area contributed by atoms with Crippen molar-refractivity contribution < 1.29 is 22.4 Å². The molecule has 0 fully saturated rings. The molecule has 0 unspecified atom stereocenters. The summed E-state index contributed by atoms with van der Waals surface area (Å²) in [5.41, 5.74) is 6.32. The Morgan fingerprint density at radius 1 is 1.20 bits per heavy atom. The minimum atomic E-state index is -3.93. The zero-order chi connectivity index (χ0) is 15.0. The monoisotopic (exact) mass is 303 g/mol. The summed E-state index contributed by atoms with van der Waals surface area (Å²) < 4.78 is 40.6. The molecule has 0 aliphatic carbocycles. The first-order valence-corrected chi connectivity index (χ1v) is 8.13. The maximum absolute atomic E-state index is 10.6. The Kier molecular flexibility index (Phi) is 6.60. The molecule has 0 atom stereocenters. The molecule has 0 aliphatic rings. The lowest BCUT2D eigenvalue weighted by Gasteiger charge is -2.11. The number of anilines is 1. The highest BCUT2D eigenvalue weighted by atomic mass is 32.2. The number of nitrogen functional groups attached to an aromatic ring is 1. The van der Waals surface area contributed by atoms with Crippen molar-refractivity contribution in [1.29, 1.82) is 0 Å². The molecule has 0 aliphatic heterocycles. The van der Waals surface area contributed by atoms with Crippen LogP contribution in [0.5, 0.6) is 11.5 Å². The summed E-state index contributed by atoms with van der Waals surface area (Å²) >= 11 is 0. The molecule has 7 heteroatoms. The first-order valence-electron chi connectivity index (χ1n) is 6.52.